The third-order valence-electron chi connectivity index (χ3n) is 4.53. The maximum absolute atomic E-state index is 12.1. The van der Waals surface area contributed by atoms with Gasteiger partial charge in [0, 0.05) is 24.3 Å². The van der Waals surface area contributed by atoms with Gasteiger partial charge in [0.2, 0.25) is 0 Å². The highest BCUT2D eigenvalue weighted by atomic mass is 32.1. The van der Waals surface area contributed by atoms with Gasteiger partial charge in [-0.1, -0.05) is 30.4 Å². The van der Waals surface area contributed by atoms with Crippen LogP contribution in [-0.4, -0.2) is 54.8 Å². The number of nitrogens with one attached hydrogen (secondary N) is 1. The predicted octanol–water partition coefficient (Wildman–Crippen LogP) is 3.50. The van der Waals surface area contributed by atoms with Crippen LogP contribution in [-0.2, 0) is 9.53 Å². The Labute approximate surface area is 176 Å². The van der Waals surface area contributed by atoms with E-state index >= 15 is 0 Å². The number of carbonyl (C=O) groups is 1. The molecule has 2 aromatic rings. The van der Waals surface area contributed by atoms with Gasteiger partial charge in [-0.05, 0) is 44.2 Å². The minimum absolute atomic E-state index is 0.118. The molecule has 0 aliphatic carbocycles. The Kier molecular flexibility index (Phi) is 7.06. The van der Waals surface area contributed by atoms with Crippen LogP contribution in [0.2, 0.25) is 0 Å². The van der Waals surface area contributed by atoms with E-state index in [-0.39, 0.29) is 24.7 Å². The number of carbonyl (C=O) groups excluding carboxylic acids is 1. The fourth-order valence-electron chi connectivity index (χ4n) is 3.31. The molecular formula is C22H26N2O4S. The van der Waals surface area contributed by atoms with Crippen molar-refractivity contribution in [3.63, 3.8) is 0 Å². The molecule has 2 aromatic carbocycles. The lowest BCUT2D eigenvalue weighted by Crippen LogP contribution is -2.47. The smallest absolute Gasteiger partial charge is 0.262 e. The molecule has 1 saturated heterocycles. The van der Waals surface area contributed by atoms with Crippen molar-refractivity contribution in [2.24, 2.45) is 0 Å². The van der Waals surface area contributed by atoms with Gasteiger partial charge in [-0.2, -0.15) is 0 Å². The number of amides is 1. The first-order chi connectivity index (χ1) is 14.0. The van der Waals surface area contributed by atoms with Gasteiger partial charge in [0.05, 0.1) is 19.3 Å². The molecule has 0 radical (unpaired) electrons. The van der Waals surface area contributed by atoms with Crippen molar-refractivity contribution in [1.29, 1.82) is 0 Å². The minimum Gasteiger partial charge on any atom is -0.493 e. The van der Waals surface area contributed by atoms with Crippen LogP contribution in [0.25, 0.3) is 0 Å². The molecule has 7 heteroatoms. The van der Waals surface area contributed by atoms with E-state index in [0.717, 1.165) is 29.3 Å². The summed E-state index contributed by atoms with van der Waals surface area (Å²) in [6.07, 6.45) is 0.258. The second-order valence-corrected chi connectivity index (χ2v) is 7.42. The van der Waals surface area contributed by atoms with E-state index in [0.29, 0.717) is 11.5 Å². The van der Waals surface area contributed by atoms with E-state index in [1.54, 1.807) is 13.2 Å². The number of hydrogen-bond donors (Lipinski definition) is 1. The Bertz CT molecular complexity index is 849. The third-order valence-corrected chi connectivity index (χ3v) is 5.03. The molecule has 1 N–H and O–H groups in total. The molecule has 0 spiro atoms. The van der Waals surface area contributed by atoms with Crippen LogP contribution in [0.3, 0.4) is 0 Å². The Hall–Kier alpha value is -2.64. The number of nitrogens with zero attached hydrogens (tertiary/aromatic N) is 1. The van der Waals surface area contributed by atoms with E-state index in [1.807, 2.05) is 56.3 Å². The van der Waals surface area contributed by atoms with Gasteiger partial charge in [0.15, 0.2) is 18.1 Å². The van der Waals surface area contributed by atoms with E-state index in [1.165, 1.54) is 0 Å². The van der Waals surface area contributed by atoms with Gasteiger partial charge < -0.3 is 24.4 Å². The summed E-state index contributed by atoms with van der Waals surface area (Å²) < 4.78 is 16.9. The molecular weight excluding hydrogens is 388 g/mol. The highest BCUT2D eigenvalue weighted by Crippen LogP contribution is 2.29. The zero-order valence-electron chi connectivity index (χ0n) is 16.9. The lowest BCUT2D eigenvalue weighted by molar-refractivity contribution is -0.118. The summed E-state index contributed by atoms with van der Waals surface area (Å²) in [5, 5.41) is 2.79. The van der Waals surface area contributed by atoms with Crippen LogP contribution in [0.5, 0.6) is 11.5 Å². The standard InChI is InChI=1S/C22H26N2O4S/c1-15-12-24(13-16(2)28-15)22(29)17-9-10-19(20(11-17)26-3)27-14-21(25)23-18-7-5-4-6-8-18/h4-11,15-16H,12-14H2,1-3H3,(H,23,25)/t15-,16-/m1/s1. The molecule has 29 heavy (non-hydrogen) atoms. The largest absolute Gasteiger partial charge is 0.493 e. The lowest BCUT2D eigenvalue weighted by Gasteiger charge is -2.37. The van der Waals surface area contributed by atoms with E-state index in [2.05, 4.69) is 10.2 Å². The van der Waals surface area contributed by atoms with Crippen molar-refractivity contribution < 1.29 is 19.0 Å². The third kappa shape index (κ3) is 5.68. The Morgan fingerprint density at radius 1 is 1.14 bits per heavy atom. The summed E-state index contributed by atoms with van der Waals surface area (Å²) in [4.78, 5) is 15.0. The molecule has 1 aliphatic rings. The fraction of sp³-hybridized carbons (Fsp3) is 0.364. The summed E-state index contributed by atoms with van der Waals surface area (Å²) in [6, 6.07) is 14.8. The molecule has 6 nitrogen and oxygen atoms in total. The Balaban J connectivity index is 1.64. The molecule has 2 atom stereocenters. The summed E-state index contributed by atoms with van der Waals surface area (Å²) in [5.41, 5.74) is 1.60. The van der Waals surface area contributed by atoms with Crippen LogP contribution in [0.4, 0.5) is 5.69 Å². The number of thiocarbonyl (C=S) groups is 1. The van der Waals surface area contributed by atoms with Crippen molar-refractivity contribution >= 4 is 28.8 Å². The summed E-state index contributed by atoms with van der Waals surface area (Å²) in [6.45, 7) is 5.48. The molecule has 0 saturated carbocycles. The normalized spacial score (nSPS) is 18.8. The minimum atomic E-state index is -0.242. The highest BCUT2D eigenvalue weighted by Gasteiger charge is 2.25. The van der Waals surface area contributed by atoms with Crippen molar-refractivity contribution in [1.82, 2.24) is 4.90 Å². The average molecular weight is 415 g/mol. The number of methoxy groups -OCH3 is 1. The first-order valence-corrected chi connectivity index (χ1v) is 9.97. The first kappa shape index (κ1) is 21.1. The summed E-state index contributed by atoms with van der Waals surface area (Å²) in [5.74, 6) is 0.784. The quantitative estimate of drug-likeness (QED) is 0.730. The molecule has 0 bridgehead atoms. The highest BCUT2D eigenvalue weighted by molar-refractivity contribution is 7.80. The monoisotopic (exact) mass is 414 g/mol. The molecule has 3 rings (SSSR count). The van der Waals surface area contributed by atoms with Crippen LogP contribution >= 0.6 is 12.2 Å². The van der Waals surface area contributed by atoms with Crippen LogP contribution < -0.4 is 14.8 Å². The zero-order valence-corrected chi connectivity index (χ0v) is 17.7. The van der Waals surface area contributed by atoms with Gasteiger partial charge in [0.1, 0.15) is 4.99 Å². The SMILES string of the molecule is COc1cc(C(=S)N2C[C@@H](C)O[C@H](C)C2)ccc1OCC(=O)Nc1ccccc1. The van der Waals surface area contributed by atoms with Crippen molar-refractivity contribution in [2.75, 3.05) is 32.1 Å². The number of anilines is 1. The van der Waals surface area contributed by atoms with Crippen LogP contribution in [0, 0.1) is 0 Å². The number of morpholine rings is 1. The van der Waals surface area contributed by atoms with Gasteiger partial charge in [-0.25, -0.2) is 0 Å². The van der Waals surface area contributed by atoms with E-state index in [9.17, 15) is 4.79 Å². The number of benzene rings is 2. The topological polar surface area (TPSA) is 60.0 Å². The maximum Gasteiger partial charge on any atom is 0.262 e. The molecule has 0 unspecified atom stereocenters. The van der Waals surface area contributed by atoms with Gasteiger partial charge in [0.25, 0.3) is 5.91 Å². The molecule has 1 fully saturated rings. The second-order valence-electron chi connectivity index (χ2n) is 7.04. The number of hydrogen-bond acceptors (Lipinski definition) is 5. The van der Waals surface area contributed by atoms with Crippen molar-refractivity contribution in [3.05, 3.63) is 54.1 Å². The number of para-hydroxylation sites is 1. The van der Waals surface area contributed by atoms with Crippen LogP contribution in [0.1, 0.15) is 19.4 Å². The first-order valence-electron chi connectivity index (χ1n) is 9.56. The average Bonchev–Trinajstić information content (AvgIpc) is 2.71. The van der Waals surface area contributed by atoms with Crippen LogP contribution in [0.15, 0.2) is 48.5 Å². The maximum atomic E-state index is 12.1. The molecule has 1 heterocycles. The fourth-order valence-corrected chi connectivity index (χ4v) is 3.58. The number of rotatable bonds is 6. The molecule has 154 valence electrons. The molecule has 0 aromatic heterocycles. The lowest BCUT2D eigenvalue weighted by atomic mass is 10.1. The zero-order chi connectivity index (χ0) is 20.8. The summed E-state index contributed by atoms with van der Waals surface area (Å²) >= 11 is 5.69. The second kappa shape index (κ2) is 9.71. The summed E-state index contributed by atoms with van der Waals surface area (Å²) in [7, 11) is 1.57. The van der Waals surface area contributed by atoms with E-state index < -0.39 is 0 Å². The van der Waals surface area contributed by atoms with Gasteiger partial charge >= 0.3 is 0 Å². The Morgan fingerprint density at radius 2 is 1.83 bits per heavy atom. The number of ether oxygens (including phenoxy) is 3. The van der Waals surface area contributed by atoms with Gasteiger partial charge in [-0.15, -0.1) is 0 Å². The molecule has 1 amide bonds. The predicted molar refractivity (Wildman–Crippen MR) is 117 cm³/mol. The van der Waals surface area contributed by atoms with Crippen molar-refractivity contribution in [2.45, 2.75) is 26.1 Å². The van der Waals surface area contributed by atoms with Gasteiger partial charge in [-0.3, -0.25) is 4.79 Å². The van der Waals surface area contributed by atoms with Crippen molar-refractivity contribution in [3.8, 4) is 11.5 Å². The molecule has 1 aliphatic heterocycles. The Morgan fingerprint density at radius 3 is 2.48 bits per heavy atom. The van der Waals surface area contributed by atoms with E-state index in [4.69, 9.17) is 26.4 Å².